The number of hydrogen-bond acceptors (Lipinski definition) is 5. The molecule has 2 atom stereocenters. The van der Waals surface area contributed by atoms with Crippen molar-refractivity contribution in [2.24, 2.45) is 0 Å². The smallest absolute Gasteiger partial charge is 0.255 e. The van der Waals surface area contributed by atoms with Gasteiger partial charge in [-0.15, -0.1) is 0 Å². The molecule has 0 spiro atoms. The minimum absolute atomic E-state index is 0.0371. The maximum absolute atomic E-state index is 12.8. The van der Waals surface area contributed by atoms with Crippen LogP contribution in [0.1, 0.15) is 72.6 Å². The van der Waals surface area contributed by atoms with Gasteiger partial charge < -0.3 is 15.0 Å². The highest BCUT2D eigenvalue weighted by atomic mass is 35.5. The lowest BCUT2D eigenvalue weighted by Crippen LogP contribution is -2.35. The SMILES string of the molecule is CCC(C)c1ccc(C=CC(=O)NCC2Cc3cc(-c4ccc(C(=O)N5CCCCC5)cn4)cc(Cl)c3O2)cn1. The molecule has 208 valence electrons. The lowest BCUT2D eigenvalue weighted by molar-refractivity contribution is -0.116. The molecular weight excluding hydrogens is 524 g/mol. The van der Waals surface area contributed by atoms with Gasteiger partial charge in [0.2, 0.25) is 5.91 Å². The van der Waals surface area contributed by atoms with Crippen molar-refractivity contribution < 1.29 is 14.3 Å². The molecule has 7 nitrogen and oxygen atoms in total. The Morgan fingerprint density at radius 2 is 1.95 bits per heavy atom. The first kappa shape index (κ1) is 27.8. The molecule has 0 aliphatic carbocycles. The monoisotopic (exact) mass is 558 g/mol. The number of rotatable bonds is 8. The Bertz CT molecular complexity index is 1380. The van der Waals surface area contributed by atoms with Crippen LogP contribution in [0.3, 0.4) is 0 Å². The van der Waals surface area contributed by atoms with E-state index in [0.29, 0.717) is 35.2 Å². The summed E-state index contributed by atoms with van der Waals surface area (Å²) in [6.07, 6.45) is 11.4. The average Bonchev–Trinajstić information content (AvgIpc) is 3.43. The predicted molar refractivity (Wildman–Crippen MR) is 158 cm³/mol. The standard InChI is InChI=1S/C32H35ClN4O3/c1-3-21(2)28-10-7-22(18-34-28)8-12-30(38)36-20-26-16-25-15-24(17-27(33)31(25)40-26)29-11-9-23(19-35-29)32(39)37-13-5-4-6-14-37/h7-12,15,17-19,21,26H,3-6,13-14,16,20H2,1-2H3,(H,36,38). The fourth-order valence-electron chi connectivity index (χ4n) is 5.08. The third-order valence-corrected chi connectivity index (χ3v) is 7.94. The average molecular weight is 559 g/mol. The first-order valence-corrected chi connectivity index (χ1v) is 14.5. The molecular formula is C32H35ClN4O3. The number of nitrogens with zero attached hydrogens (tertiary/aromatic N) is 3. The molecule has 2 unspecified atom stereocenters. The molecule has 0 radical (unpaired) electrons. The van der Waals surface area contributed by atoms with E-state index < -0.39 is 0 Å². The number of halogens is 1. The number of nitrogens with one attached hydrogen (secondary N) is 1. The molecule has 0 bridgehead atoms. The molecule has 5 rings (SSSR count). The zero-order chi connectivity index (χ0) is 28.1. The van der Waals surface area contributed by atoms with Crippen LogP contribution in [0.2, 0.25) is 5.02 Å². The van der Waals surface area contributed by atoms with Gasteiger partial charge in [0.25, 0.3) is 5.91 Å². The zero-order valence-corrected chi connectivity index (χ0v) is 23.8. The van der Waals surface area contributed by atoms with Gasteiger partial charge in [-0.2, -0.15) is 0 Å². The molecule has 1 fully saturated rings. The van der Waals surface area contributed by atoms with E-state index in [2.05, 4.69) is 29.1 Å². The third kappa shape index (κ3) is 6.53. The summed E-state index contributed by atoms with van der Waals surface area (Å²) in [4.78, 5) is 36.1. The molecule has 1 aromatic carbocycles. The summed E-state index contributed by atoms with van der Waals surface area (Å²) >= 11 is 6.58. The van der Waals surface area contributed by atoms with Crippen LogP contribution in [0, 0.1) is 0 Å². The van der Waals surface area contributed by atoms with Crippen molar-refractivity contribution >= 4 is 29.5 Å². The maximum Gasteiger partial charge on any atom is 0.255 e. The Hall–Kier alpha value is -3.71. The molecule has 2 aliphatic rings. The molecule has 2 aromatic heterocycles. The summed E-state index contributed by atoms with van der Waals surface area (Å²) in [5.74, 6) is 0.901. The van der Waals surface area contributed by atoms with Crippen LogP contribution in [0.5, 0.6) is 5.75 Å². The quantitative estimate of drug-likeness (QED) is 0.339. The Kier molecular flexibility index (Phi) is 8.80. The number of carbonyl (C=O) groups excluding carboxylic acids is 2. The molecule has 40 heavy (non-hydrogen) atoms. The molecule has 2 aliphatic heterocycles. The van der Waals surface area contributed by atoms with Crippen molar-refractivity contribution in [3.63, 3.8) is 0 Å². The molecule has 2 amide bonds. The van der Waals surface area contributed by atoms with Crippen molar-refractivity contribution in [3.8, 4) is 17.0 Å². The zero-order valence-electron chi connectivity index (χ0n) is 23.0. The third-order valence-electron chi connectivity index (χ3n) is 7.66. The minimum atomic E-state index is -0.214. The van der Waals surface area contributed by atoms with Crippen molar-refractivity contribution in [3.05, 3.63) is 82.3 Å². The van der Waals surface area contributed by atoms with Crippen LogP contribution in [-0.4, -0.2) is 52.4 Å². The van der Waals surface area contributed by atoms with E-state index in [1.165, 1.54) is 12.5 Å². The topological polar surface area (TPSA) is 84.4 Å². The highest BCUT2D eigenvalue weighted by molar-refractivity contribution is 6.32. The van der Waals surface area contributed by atoms with Gasteiger partial charge in [0.05, 0.1) is 22.8 Å². The van der Waals surface area contributed by atoms with E-state index >= 15 is 0 Å². The summed E-state index contributed by atoms with van der Waals surface area (Å²) in [7, 11) is 0. The lowest BCUT2D eigenvalue weighted by atomic mass is 10.0. The van der Waals surface area contributed by atoms with Gasteiger partial charge in [-0.1, -0.05) is 31.5 Å². The number of fused-ring (bicyclic) bond motifs is 1. The van der Waals surface area contributed by atoms with Crippen LogP contribution >= 0.6 is 11.6 Å². The number of amides is 2. The van der Waals surface area contributed by atoms with Gasteiger partial charge in [0, 0.05) is 54.8 Å². The predicted octanol–water partition coefficient (Wildman–Crippen LogP) is 6.07. The van der Waals surface area contributed by atoms with Gasteiger partial charge in [0.15, 0.2) is 0 Å². The fourth-order valence-corrected chi connectivity index (χ4v) is 5.36. The number of carbonyl (C=O) groups is 2. The Morgan fingerprint density at radius 3 is 2.65 bits per heavy atom. The molecule has 4 heterocycles. The van der Waals surface area contributed by atoms with E-state index in [0.717, 1.165) is 60.4 Å². The summed E-state index contributed by atoms with van der Waals surface area (Å²) < 4.78 is 6.05. The van der Waals surface area contributed by atoms with Gasteiger partial charge in [0.1, 0.15) is 11.9 Å². The Labute approximate surface area is 240 Å². The summed E-state index contributed by atoms with van der Waals surface area (Å²) in [5, 5.41) is 3.42. The van der Waals surface area contributed by atoms with Crippen molar-refractivity contribution in [2.45, 2.75) is 58.0 Å². The van der Waals surface area contributed by atoms with Crippen molar-refractivity contribution in [2.75, 3.05) is 19.6 Å². The number of hydrogen-bond donors (Lipinski definition) is 1. The number of likely N-dealkylation sites (tertiary alicyclic amines) is 1. The lowest BCUT2D eigenvalue weighted by Gasteiger charge is -2.26. The van der Waals surface area contributed by atoms with Gasteiger partial charge >= 0.3 is 0 Å². The number of benzene rings is 1. The second-order valence-electron chi connectivity index (χ2n) is 10.6. The van der Waals surface area contributed by atoms with Crippen LogP contribution in [0.25, 0.3) is 17.3 Å². The largest absolute Gasteiger partial charge is 0.486 e. The van der Waals surface area contributed by atoms with E-state index in [9.17, 15) is 9.59 Å². The Morgan fingerprint density at radius 1 is 1.12 bits per heavy atom. The number of ether oxygens (including phenoxy) is 1. The highest BCUT2D eigenvalue weighted by Crippen LogP contribution is 2.39. The van der Waals surface area contributed by atoms with Crippen LogP contribution in [0.15, 0.2) is 54.9 Å². The van der Waals surface area contributed by atoms with E-state index in [1.807, 2.05) is 41.3 Å². The molecule has 8 heteroatoms. The molecule has 0 saturated carbocycles. The second-order valence-corrected chi connectivity index (χ2v) is 11.0. The highest BCUT2D eigenvalue weighted by Gasteiger charge is 2.26. The van der Waals surface area contributed by atoms with E-state index in [1.54, 1.807) is 18.5 Å². The number of aromatic nitrogens is 2. The van der Waals surface area contributed by atoms with Crippen molar-refractivity contribution in [1.29, 1.82) is 0 Å². The summed E-state index contributed by atoms with van der Waals surface area (Å²) in [5.41, 5.74) is 5.12. The van der Waals surface area contributed by atoms with E-state index in [-0.39, 0.29) is 17.9 Å². The van der Waals surface area contributed by atoms with Gasteiger partial charge in [-0.05, 0) is 73.6 Å². The minimum Gasteiger partial charge on any atom is -0.486 e. The Balaban J connectivity index is 1.16. The number of pyridine rings is 2. The van der Waals surface area contributed by atoms with E-state index in [4.69, 9.17) is 16.3 Å². The fraction of sp³-hybridized carbons (Fsp3) is 0.375. The van der Waals surface area contributed by atoms with Crippen LogP contribution < -0.4 is 10.1 Å². The van der Waals surface area contributed by atoms with Crippen LogP contribution in [-0.2, 0) is 11.2 Å². The van der Waals surface area contributed by atoms with Gasteiger partial charge in [-0.3, -0.25) is 19.6 Å². The van der Waals surface area contributed by atoms with Crippen LogP contribution in [0.4, 0.5) is 0 Å². The second kappa shape index (κ2) is 12.6. The summed E-state index contributed by atoms with van der Waals surface area (Å²) in [6.45, 7) is 6.27. The maximum atomic E-state index is 12.8. The summed E-state index contributed by atoms with van der Waals surface area (Å²) in [6, 6.07) is 11.5. The molecule has 1 N–H and O–H groups in total. The van der Waals surface area contributed by atoms with Crippen molar-refractivity contribution in [1.82, 2.24) is 20.2 Å². The number of piperidine rings is 1. The first-order chi connectivity index (χ1) is 19.4. The first-order valence-electron chi connectivity index (χ1n) is 14.1. The molecule has 3 aromatic rings. The molecule has 1 saturated heterocycles. The van der Waals surface area contributed by atoms with Gasteiger partial charge in [-0.25, -0.2) is 0 Å². The normalized spacial score (nSPS) is 17.4.